The van der Waals surface area contributed by atoms with Crippen LogP contribution in [-0.2, 0) is 11.3 Å². The van der Waals surface area contributed by atoms with E-state index in [0.29, 0.717) is 35.5 Å². The molecule has 0 radical (unpaired) electrons. The van der Waals surface area contributed by atoms with E-state index in [1.807, 2.05) is 6.07 Å². The molecule has 1 aromatic rings. The van der Waals surface area contributed by atoms with Crippen LogP contribution in [0.2, 0.25) is 0 Å². The molecule has 6 nitrogen and oxygen atoms in total. The van der Waals surface area contributed by atoms with Gasteiger partial charge in [-0.2, -0.15) is 0 Å². The van der Waals surface area contributed by atoms with Gasteiger partial charge in [0.2, 0.25) is 0 Å². The minimum atomic E-state index is -0.185. The van der Waals surface area contributed by atoms with E-state index in [2.05, 4.69) is 16.9 Å². The molecule has 23 heavy (non-hydrogen) atoms. The van der Waals surface area contributed by atoms with Gasteiger partial charge in [0.15, 0.2) is 0 Å². The third kappa shape index (κ3) is 3.60. The van der Waals surface area contributed by atoms with Crippen LogP contribution in [0, 0.1) is 0 Å². The second-order valence-electron chi connectivity index (χ2n) is 4.94. The number of carbonyl (C=O) groups excluding carboxylic acids is 2. The van der Waals surface area contributed by atoms with E-state index in [1.165, 1.54) is 11.1 Å². The molecule has 0 fully saturated rings. The second-order valence-corrected chi connectivity index (χ2v) is 5.35. The fourth-order valence-electron chi connectivity index (χ4n) is 2.17. The molecular weight excluding hydrogens is 316 g/mol. The van der Waals surface area contributed by atoms with Crippen molar-refractivity contribution in [2.24, 2.45) is 10.7 Å². The number of hydrogen-bond acceptors (Lipinski definition) is 5. The van der Waals surface area contributed by atoms with Crippen molar-refractivity contribution < 1.29 is 9.59 Å². The summed E-state index contributed by atoms with van der Waals surface area (Å²) >= 11 is 6.13. The summed E-state index contributed by atoms with van der Waals surface area (Å²) < 4.78 is 0. The minimum Gasteiger partial charge on any atom is -0.397 e. The molecule has 0 aliphatic carbocycles. The molecule has 120 valence electrons. The summed E-state index contributed by atoms with van der Waals surface area (Å²) in [4.78, 5) is 28.3. The Kier molecular flexibility index (Phi) is 5.18. The number of benzene rings is 1. The highest BCUT2D eigenvalue weighted by Crippen LogP contribution is 2.26. The molecule has 0 spiro atoms. The standard InChI is InChI=1S/C16H17ClN4O2/c1-10(19-2)20-8-14(17)15(18)11-3-4-12-9-21(5-6-22)16(23)13(12)7-11/h3-4,6-8,19H,1,5,9,18H2,2H3/b15-14+,20-8-. The van der Waals surface area contributed by atoms with Crippen LogP contribution in [0.3, 0.4) is 0 Å². The number of aldehydes is 1. The van der Waals surface area contributed by atoms with Crippen molar-refractivity contribution in [2.75, 3.05) is 13.6 Å². The summed E-state index contributed by atoms with van der Waals surface area (Å²) in [5.74, 6) is 0.264. The zero-order valence-corrected chi connectivity index (χ0v) is 13.4. The van der Waals surface area contributed by atoms with Crippen molar-refractivity contribution in [3.63, 3.8) is 0 Å². The summed E-state index contributed by atoms with van der Waals surface area (Å²) in [5, 5.41) is 3.01. The van der Waals surface area contributed by atoms with Crippen molar-refractivity contribution in [3.05, 3.63) is 52.3 Å². The van der Waals surface area contributed by atoms with Gasteiger partial charge in [-0.3, -0.25) is 4.79 Å². The molecule has 0 atom stereocenters. The number of allylic oxidation sites excluding steroid dienone is 1. The second kappa shape index (κ2) is 7.11. The first-order valence-corrected chi connectivity index (χ1v) is 7.28. The van der Waals surface area contributed by atoms with Crippen LogP contribution in [-0.4, -0.2) is 36.9 Å². The van der Waals surface area contributed by atoms with E-state index in [0.717, 1.165) is 5.56 Å². The SMILES string of the molecule is C=C(/N=C\C(Cl)=C(/N)c1ccc2c(c1)C(=O)N(CC=O)C2)NC. The number of carbonyl (C=O) groups is 2. The van der Waals surface area contributed by atoms with Gasteiger partial charge in [0, 0.05) is 25.4 Å². The van der Waals surface area contributed by atoms with Crippen molar-refractivity contribution in [1.82, 2.24) is 10.2 Å². The van der Waals surface area contributed by atoms with Gasteiger partial charge in [0.1, 0.15) is 12.1 Å². The predicted molar refractivity (Wildman–Crippen MR) is 90.9 cm³/mol. The molecule has 7 heteroatoms. The van der Waals surface area contributed by atoms with E-state index in [4.69, 9.17) is 17.3 Å². The Hall–Kier alpha value is -2.60. The van der Waals surface area contributed by atoms with E-state index in [-0.39, 0.29) is 17.5 Å². The van der Waals surface area contributed by atoms with Crippen LogP contribution in [0.4, 0.5) is 0 Å². The number of amides is 1. The molecule has 1 aliphatic heterocycles. The lowest BCUT2D eigenvalue weighted by atomic mass is 10.0. The minimum absolute atomic E-state index is 0.0771. The van der Waals surface area contributed by atoms with Crippen molar-refractivity contribution in [2.45, 2.75) is 6.54 Å². The quantitative estimate of drug-likeness (QED) is 0.610. The third-order valence-electron chi connectivity index (χ3n) is 3.47. The predicted octanol–water partition coefficient (Wildman–Crippen LogP) is 1.47. The maximum absolute atomic E-state index is 12.2. The molecule has 0 aromatic heterocycles. The number of nitrogens with one attached hydrogen (secondary N) is 1. The highest BCUT2D eigenvalue weighted by Gasteiger charge is 2.27. The smallest absolute Gasteiger partial charge is 0.254 e. The Balaban J connectivity index is 2.30. The molecule has 3 N–H and O–H groups in total. The molecular formula is C16H17ClN4O2. The summed E-state index contributed by atoms with van der Waals surface area (Å²) in [7, 11) is 1.69. The Morgan fingerprint density at radius 2 is 2.30 bits per heavy atom. The lowest BCUT2D eigenvalue weighted by molar-refractivity contribution is -0.108. The third-order valence-corrected chi connectivity index (χ3v) is 3.78. The molecule has 2 rings (SSSR count). The number of nitrogens with zero attached hydrogens (tertiary/aromatic N) is 2. The first-order valence-electron chi connectivity index (χ1n) is 6.90. The van der Waals surface area contributed by atoms with Gasteiger partial charge in [-0.25, -0.2) is 4.99 Å². The topological polar surface area (TPSA) is 87.8 Å². The van der Waals surface area contributed by atoms with Gasteiger partial charge in [0.05, 0.1) is 17.3 Å². The Morgan fingerprint density at radius 3 is 2.96 bits per heavy atom. The molecule has 1 amide bonds. The Morgan fingerprint density at radius 1 is 1.57 bits per heavy atom. The lowest BCUT2D eigenvalue weighted by Gasteiger charge is -2.10. The lowest BCUT2D eigenvalue weighted by Crippen LogP contribution is -2.25. The monoisotopic (exact) mass is 332 g/mol. The number of fused-ring (bicyclic) bond motifs is 1. The van der Waals surface area contributed by atoms with Gasteiger partial charge in [-0.1, -0.05) is 30.3 Å². The maximum atomic E-state index is 12.2. The van der Waals surface area contributed by atoms with Crippen LogP contribution in [0.15, 0.2) is 40.6 Å². The Bertz CT molecular complexity index is 725. The van der Waals surface area contributed by atoms with Gasteiger partial charge >= 0.3 is 0 Å². The van der Waals surface area contributed by atoms with Crippen molar-refractivity contribution >= 4 is 35.7 Å². The molecule has 0 unspecified atom stereocenters. The molecule has 1 aromatic carbocycles. The summed E-state index contributed by atoms with van der Waals surface area (Å²) in [6.45, 7) is 4.15. The summed E-state index contributed by atoms with van der Waals surface area (Å²) in [6, 6.07) is 5.28. The first-order chi connectivity index (χ1) is 11.0. The number of halogens is 1. The maximum Gasteiger partial charge on any atom is 0.254 e. The molecule has 0 bridgehead atoms. The van der Waals surface area contributed by atoms with Gasteiger partial charge in [0.25, 0.3) is 5.91 Å². The van der Waals surface area contributed by atoms with Crippen LogP contribution in [0.25, 0.3) is 5.70 Å². The summed E-state index contributed by atoms with van der Waals surface area (Å²) in [6.07, 6.45) is 2.10. The number of hydrogen-bond donors (Lipinski definition) is 2. The van der Waals surface area contributed by atoms with Crippen molar-refractivity contribution in [1.29, 1.82) is 0 Å². The van der Waals surface area contributed by atoms with E-state index >= 15 is 0 Å². The number of aliphatic imine (C=N–C) groups is 1. The normalized spacial score (nSPS) is 14.7. The largest absolute Gasteiger partial charge is 0.397 e. The molecule has 1 aliphatic rings. The highest BCUT2D eigenvalue weighted by atomic mass is 35.5. The average molecular weight is 333 g/mol. The van der Waals surface area contributed by atoms with E-state index < -0.39 is 0 Å². The fraction of sp³-hybridized carbons (Fsp3) is 0.188. The van der Waals surface area contributed by atoms with Gasteiger partial charge in [-0.05, 0) is 17.2 Å². The molecule has 0 saturated heterocycles. The van der Waals surface area contributed by atoms with E-state index in [1.54, 1.807) is 19.2 Å². The average Bonchev–Trinajstić information content (AvgIpc) is 2.87. The number of rotatable bonds is 6. The van der Waals surface area contributed by atoms with Crippen LogP contribution in [0.1, 0.15) is 21.5 Å². The Labute approximate surface area is 139 Å². The molecule has 0 saturated carbocycles. The van der Waals surface area contributed by atoms with E-state index in [9.17, 15) is 9.59 Å². The van der Waals surface area contributed by atoms with Crippen LogP contribution in [0.5, 0.6) is 0 Å². The fourth-order valence-corrected chi connectivity index (χ4v) is 2.33. The zero-order valence-electron chi connectivity index (χ0n) is 12.7. The van der Waals surface area contributed by atoms with Crippen molar-refractivity contribution in [3.8, 4) is 0 Å². The summed E-state index contributed by atoms with van der Waals surface area (Å²) in [5.41, 5.74) is 8.35. The zero-order chi connectivity index (χ0) is 17.0. The number of nitrogens with two attached hydrogens (primary N) is 1. The first kappa shape index (κ1) is 16.8. The van der Waals surface area contributed by atoms with Gasteiger partial charge in [-0.15, -0.1) is 0 Å². The van der Waals surface area contributed by atoms with Gasteiger partial charge < -0.3 is 20.7 Å². The van der Waals surface area contributed by atoms with Crippen LogP contribution >= 0.6 is 11.6 Å². The molecule has 1 heterocycles. The highest BCUT2D eigenvalue weighted by molar-refractivity contribution is 6.42. The van der Waals surface area contributed by atoms with Crippen LogP contribution < -0.4 is 11.1 Å².